The van der Waals surface area contributed by atoms with Crippen molar-refractivity contribution < 1.29 is 13.6 Å². The highest BCUT2D eigenvalue weighted by Gasteiger charge is 2.20. The van der Waals surface area contributed by atoms with E-state index < -0.39 is 17.5 Å². The zero-order valence-electron chi connectivity index (χ0n) is 16.3. The lowest BCUT2D eigenvalue weighted by molar-refractivity contribution is 0.102. The highest BCUT2D eigenvalue weighted by molar-refractivity contribution is 6.36. The third-order valence-electron chi connectivity index (χ3n) is 4.47. The van der Waals surface area contributed by atoms with Gasteiger partial charge in [0.15, 0.2) is 5.82 Å². The molecule has 0 aliphatic carbocycles. The zero-order valence-corrected chi connectivity index (χ0v) is 18.6. The predicted octanol–water partition coefficient (Wildman–Crippen LogP) is 5.80. The number of nitrogens with zero attached hydrogens (tertiary/aromatic N) is 4. The van der Waals surface area contributed by atoms with E-state index in [-0.39, 0.29) is 48.8 Å². The van der Waals surface area contributed by atoms with E-state index in [1.807, 2.05) is 0 Å². The third kappa shape index (κ3) is 4.52. The summed E-state index contributed by atoms with van der Waals surface area (Å²) in [6.07, 6.45) is 9.66. The van der Waals surface area contributed by atoms with Crippen molar-refractivity contribution in [3.63, 3.8) is 0 Å². The minimum Gasteiger partial charge on any atom is -0.320 e. The van der Waals surface area contributed by atoms with Gasteiger partial charge in [-0.1, -0.05) is 40.7 Å². The molecule has 0 atom stereocenters. The first kappa shape index (κ1) is 22.7. The molecular formula is C22H10Cl3F2N5O. The fraction of sp³-hybridized carbons (Fsp3) is 0. The highest BCUT2D eigenvalue weighted by Crippen LogP contribution is 2.36. The van der Waals surface area contributed by atoms with Gasteiger partial charge in [-0.3, -0.25) is 4.79 Å². The fourth-order valence-corrected chi connectivity index (χ4v) is 3.84. The van der Waals surface area contributed by atoms with Gasteiger partial charge in [-0.05, 0) is 30.3 Å². The number of nitrogens with one attached hydrogen (secondary N) is 1. The molecule has 6 nitrogen and oxygen atoms in total. The number of anilines is 1. The van der Waals surface area contributed by atoms with Crippen LogP contribution in [0.5, 0.6) is 0 Å². The number of amides is 1. The lowest BCUT2D eigenvalue weighted by atomic mass is 9.97. The summed E-state index contributed by atoms with van der Waals surface area (Å²) >= 11 is 18.5. The number of hydrogen-bond donors (Lipinski definition) is 1. The first-order valence-corrected chi connectivity index (χ1v) is 10.2. The number of terminal acetylenes is 1. The Morgan fingerprint density at radius 2 is 1.73 bits per heavy atom. The van der Waals surface area contributed by atoms with Crippen LogP contribution in [0.4, 0.5) is 14.5 Å². The number of pyridine rings is 1. The van der Waals surface area contributed by atoms with Gasteiger partial charge in [-0.15, -0.1) is 11.2 Å². The average molecular weight is 505 g/mol. The molecule has 4 rings (SSSR count). The molecule has 0 fully saturated rings. The summed E-state index contributed by atoms with van der Waals surface area (Å²) in [7, 11) is 0. The molecule has 1 amide bonds. The van der Waals surface area contributed by atoms with E-state index in [1.165, 1.54) is 35.5 Å². The molecule has 0 spiro atoms. The lowest BCUT2D eigenvalue weighted by Crippen LogP contribution is -2.14. The van der Waals surface area contributed by atoms with Crippen LogP contribution in [0.15, 0.2) is 48.9 Å². The first-order valence-electron chi connectivity index (χ1n) is 9.07. The molecule has 0 saturated heterocycles. The van der Waals surface area contributed by atoms with Crippen molar-refractivity contribution in [1.82, 2.24) is 20.0 Å². The Kier molecular flexibility index (Phi) is 6.29. The summed E-state index contributed by atoms with van der Waals surface area (Å²) in [6.45, 7) is 0. The Bertz CT molecular complexity index is 1440. The molecule has 1 N–H and O–H groups in total. The van der Waals surface area contributed by atoms with Gasteiger partial charge in [-0.2, -0.15) is 10.2 Å². The summed E-state index contributed by atoms with van der Waals surface area (Å²) in [4.78, 5) is 18.1. The summed E-state index contributed by atoms with van der Waals surface area (Å²) in [5.41, 5.74) is 0.130. The van der Waals surface area contributed by atoms with E-state index in [0.717, 1.165) is 18.2 Å². The van der Waals surface area contributed by atoms with Crippen LogP contribution in [0.2, 0.25) is 15.1 Å². The van der Waals surface area contributed by atoms with Crippen molar-refractivity contribution in [2.75, 3.05) is 5.32 Å². The van der Waals surface area contributed by atoms with E-state index in [1.54, 1.807) is 0 Å². The highest BCUT2D eigenvalue weighted by atomic mass is 35.5. The van der Waals surface area contributed by atoms with Crippen LogP contribution in [0, 0.1) is 24.0 Å². The standard InChI is InChI=1S/C22H10Cl3F2N5O/c1-2-11-5-12(26)6-17(24)20(11)15-8-16(23)14(9-19(15)27)22(33)31-13-7-18(25)21(28-10-13)32-29-3-4-30-32/h1,3-10H,(H,31,33). The zero-order chi connectivity index (χ0) is 23.7. The molecule has 0 aliphatic rings. The van der Waals surface area contributed by atoms with Gasteiger partial charge in [0.1, 0.15) is 11.6 Å². The number of halogens is 5. The third-order valence-corrected chi connectivity index (χ3v) is 5.36. The van der Waals surface area contributed by atoms with E-state index >= 15 is 0 Å². The average Bonchev–Trinajstić information content (AvgIpc) is 3.29. The molecular weight excluding hydrogens is 495 g/mol. The molecule has 0 saturated carbocycles. The Balaban J connectivity index is 1.65. The quantitative estimate of drug-likeness (QED) is 0.357. The minimum absolute atomic E-state index is 0.0413. The number of aromatic nitrogens is 4. The van der Waals surface area contributed by atoms with Crippen molar-refractivity contribution in [1.29, 1.82) is 0 Å². The summed E-state index contributed by atoms with van der Waals surface area (Å²) in [6, 6.07) is 5.62. The van der Waals surface area contributed by atoms with Crippen molar-refractivity contribution in [3.05, 3.63) is 86.8 Å². The topological polar surface area (TPSA) is 72.7 Å². The lowest BCUT2D eigenvalue weighted by Gasteiger charge is -2.13. The van der Waals surface area contributed by atoms with Crippen LogP contribution in [0.25, 0.3) is 16.9 Å². The van der Waals surface area contributed by atoms with Crippen molar-refractivity contribution in [3.8, 4) is 29.3 Å². The van der Waals surface area contributed by atoms with Crippen molar-refractivity contribution in [2.45, 2.75) is 0 Å². The second-order valence-electron chi connectivity index (χ2n) is 6.57. The predicted molar refractivity (Wildman–Crippen MR) is 122 cm³/mol. The van der Waals surface area contributed by atoms with Gasteiger partial charge in [0.05, 0.1) is 44.9 Å². The van der Waals surface area contributed by atoms with E-state index in [4.69, 9.17) is 41.2 Å². The van der Waals surface area contributed by atoms with E-state index in [0.29, 0.717) is 0 Å². The molecule has 2 aromatic carbocycles. The van der Waals surface area contributed by atoms with Crippen LogP contribution in [-0.2, 0) is 0 Å². The maximum Gasteiger partial charge on any atom is 0.257 e. The molecule has 164 valence electrons. The summed E-state index contributed by atoms with van der Waals surface area (Å²) in [5, 5.41) is 10.4. The van der Waals surface area contributed by atoms with Crippen molar-refractivity contribution in [2.24, 2.45) is 0 Å². The van der Waals surface area contributed by atoms with Gasteiger partial charge < -0.3 is 5.32 Å². The van der Waals surface area contributed by atoms with Gasteiger partial charge in [0.25, 0.3) is 5.91 Å². The van der Waals surface area contributed by atoms with Crippen LogP contribution < -0.4 is 5.32 Å². The first-order chi connectivity index (χ1) is 15.8. The summed E-state index contributed by atoms with van der Waals surface area (Å²) in [5.74, 6) is 0.321. The van der Waals surface area contributed by atoms with Crippen LogP contribution in [0.3, 0.4) is 0 Å². The van der Waals surface area contributed by atoms with Gasteiger partial charge in [0, 0.05) is 16.7 Å². The Morgan fingerprint density at radius 1 is 1.00 bits per heavy atom. The van der Waals surface area contributed by atoms with Gasteiger partial charge in [0.2, 0.25) is 0 Å². The molecule has 33 heavy (non-hydrogen) atoms. The second kappa shape index (κ2) is 9.16. The van der Waals surface area contributed by atoms with E-state index in [2.05, 4.69) is 26.4 Å². The normalized spacial score (nSPS) is 10.7. The number of benzene rings is 2. The fourth-order valence-electron chi connectivity index (χ4n) is 3.04. The summed E-state index contributed by atoms with van der Waals surface area (Å²) < 4.78 is 28.6. The monoisotopic (exact) mass is 503 g/mol. The minimum atomic E-state index is -0.828. The number of carbonyl (C=O) groups excluding carboxylic acids is 1. The molecule has 11 heteroatoms. The molecule has 2 aromatic heterocycles. The largest absolute Gasteiger partial charge is 0.320 e. The molecule has 0 unspecified atom stereocenters. The maximum atomic E-state index is 15.0. The van der Waals surface area contributed by atoms with Gasteiger partial charge >= 0.3 is 0 Å². The Morgan fingerprint density at radius 3 is 2.39 bits per heavy atom. The van der Waals surface area contributed by atoms with Crippen molar-refractivity contribution >= 4 is 46.4 Å². The molecule has 0 radical (unpaired) electrons. The molecule has 0 bridgehead atoms. The Labute approximate surface area is 201 Å². The molecule has 0 aliphatic heterocycles. The second-order valence-corrected chi connectivity index (χ2v) is 7.79. The van der Waals surface area contributed by atoms with Gasteiger partial charge in [-0.25, -0.2) is 13.8 Å². The SMILES string of the molecule is C#Cc1cc(F)cc(Cl)c1-c1cc(Cl)c(C(=O)Nc2cnc(-n3nccn3)c(Cl)c2)cc1F. The van der Waals surface area contributed by atoms with Crippen LogP contribution in [0.1, 0.15) is 15.9 Å². The van der Waals surface area contributed by atoms with Crippen LogP contribution in [-0.4, -0.2) is 25.9 Å². The number of rotatable bonds is 4. The van der Waals surface area contributed by atoms with Crippen LogP contribution >= 0.6 is 34.8 Å². The Hall–Kier alpha value is -3.51. The number of hydrogen-bond acceptors (Lipinski definition) is 4. The maximum absolute atomic E-state index is 15.0. The molecule has 2 heterocycles. The number of carbonyl (C=O) groups is 1. The molecule has 4 aromatic rings. The smallest absolute Gasteiger partial charge is 0.257 e. The van der Waals surface area contributed by atoms with E-state index in [9.17, 15) is 13.6 Å².